The molecule has 2 rings (SSSR count). The molecule has 0 aliphatic carbocycles. The number of hydrogen-bond donors (Lipinski definition) is 0. The molecule has 0 saturated carbocycles. The van der Waals surface area contributed by atoms with E-state index in [1.165, 1.54) is 133 Å². The SMILES string of the molecule is CCCCCCCCCCCCCCCc1ccc(-c2ncc(CCCCCCC)cn2)cc1. The van der Waals surface area contributed by atoms with Gasteiger partial charge in [-0.1, -0.05) is 141 Å². The lowest BCUT2D eigenvalue weighted by atomic mass is 10.0. The molecule has 34 heavy (non-hydrogen) atoms. The van der Waals surface area contributed by atoms with E-state index in [1.54, 1.807) is 0 Å². The average Bonchev–Trinajstić information content (AvgIpc) is 2.87. The minimum absolute atomic E-state index is 0.849. The summed E-state index contributed by atoms with van der Waals surface area (Å²) in [4.78, 5) is 9.24. The molecule has 190 valence electrons. The van der Waals surface area contributed by atoms with E-state index in [9.17, 15) is 0 Å². The van der Waals surface area contributed by atoms with E-state index in [0.29, 0.717) is 0 Å². The highest BCUT2D eigenvalue weighted by Crippen LogP contribution is 2.18. The largest absolute Gasteiger partial charge is 0.236 e. The molecule has 0 amide bonds. The molecule has 2 nitrogen and oxygen atoms in total. The Morgan fingerprint density at radius 1 is 0.441 bits per heavy atom. The summed E-state index contributed by atoms with van der Waals surface area (Å²) < 4.78 is 0. The molecule has 1 heterocycles. The van der Waals surface area contributed by atoms with E-state index >= 15 is 0 Å². The van der Waals surface area contributed by atoms with Crippen LogP contribution >= 0.6 is 0 Å². The number of aromatic nitrogens is 2. The Bertz CT molecular complexity index is 705. The molecule has 0 aliphatic rings. The Morgan fingerprint density at radius 2 is 0.824 bits per heavy atom. The van der Waals surface area contributed by atoms with Gasteiger partial charge in [-0.3, -0.25) is 0 Å². The first-order valence-corrected chi connectivity index (χ1v) is 14.7. The Balaban J connectivity index is 1.52. The lowest BCUT2D eigenvalue weighted by Crippen LogP contribution is -1.94. The van der Waals surface area contributed by atoms with Crippen LogP contribution in [0.25, 0.3) is 11.4 Å². The van der Waals surface area contributed by atoms with Crippen LogP contribution in [0.5, 0.6) is 0 Å². The maximum Gasteiger partial charge on any atom is 0.159 e. The van der Waals surface area contributed by atoms with Crippen LogP contribution in [-0.2, 0) is 12.8 Å². The van der Waals surface area contributed by atoms with Crippen molar-refractivity contribution in [3.8, 4) is 11.4 Å². The van der Waals surface area contributed by atoms with Crippen molar-refractivity contribution in [1.82, 2.24) is 9.97 Å². The highest BCUT2D eigenvalue weighted by molar-refractivity contribution is 5.55. The van der Waals surface area contributed by atoms with Crippen molar-refractivity contribution in [2.45, 2.75) is 142 Å². The lowest BCUT2D eigenvalue weighted by Gasteiger charge is -2.06. The van der Waals surface area contributed by atoms with E-state index in [-0.39, 0.29) is 0 Å². The quantitative estimate of drug-likeness (QED) is 0.172. The van der Waals surface area contributed by atoms with Crippen molar-refractivity contribution in [2.24, 2.45) is 0 Å². The summed E-state index contributed by atoms with van der Waals surface area (Å²) in [5.74, 6) is 0.849. The third kappa shape index (κ3) is 13.3. The standard InChI is InChI=1S/C32H52N2/c1-3-5-7-9-10-11-12-13-14-15-16-18-19-21-29-23-25-31(26-24-29)32-33-27-30(28-34-32)22-20-17-8-6-4-2/h23-28H,3-22H2,1-2H3. The summed E-state index contributed by atoms with van der Waals surface area (Å²) in [6.45, 7) is 4.56. The van der Waals surface area contributed by atoms with Gasteiger partial charge < -0.3 is 0 Å². The van der Waals surface area contributed by atoms with Crippen LogP contribution in [0.1, 0.15) is 141 Å². The molecule has 2 aromatic rings. The molecule has 0 N–H and O–H groups in total. The molecule has 0 fully saturated rings. The van der Waals surface area contributed by atoms with Gasteiger partial charge in [0.1, 0.15) is 0 Å². The van der Waals surface area contributed by atoms with Crippen LogP contribution in [0, 0.1) is 0 Å². The number of rotatable bonds is 21. The van der Waals surface area contributed by atoms with Crippen molar-refractivity contribution in [1.29, 1.82) is 0 Å². The van der Waals surface area contributed by atoms with Crippen LogP contribution in [0.2, 0.25) is 0 Å². The van der Waals surface area contributed by atoms with Gasteiger partial charge in [0.15, 0.2) is 5.82 Å². The van der Waals surface area contributed by atoms with Crippen molar-refractivity contribution >= 4 is 0 Å². The number of benzene rings is 1. The van der Waals surface area contributed by atoms with Crippen LogP contribution in [0.3, 0.4) is 0 Å². The molecule has 0 radical (unpaired) electrons. The monoisotopic (exact) mass is 464 g/mol. The zero-order valence-corrected chi connectivity index (χ0v) is 22.5. The number of hydrogen-bond acceptors (Lipinski definition) is 2. The molecule has 0 unspecified atom stereocenters. The van der Waals surface area contributed by atoms with Gasteiger partial charge >= 0.3 is 0 Å². The average molecular weight is 465 g/mol. The molecule has 1 aromatic heterocycles. The Hall–Kier alpha value is -1.70. The zero-order valence-electron chi connectivity index (χ0n) is 22.5. The summed E-state index contributed by atoms with van der Waals surface area (Å²) in [5.41, 5.74) is 3.83. The van der Waals surface area contributed by atoms with Crippen molar-refractivity contribution < 1.29 is 0 Å². The molecule has 0 spiro atoms. The third-order valence-electron chi connectivity index (χ3n) is 7.06. The second-order valence-corrected chi connectivity index (χ2v) is 10.3. The first-order valence-electron chi connectivity index (χ1n) is 14.7. The molecule has 0 saturated heterocycles. The molecule has 0 bridgehead atoms. The van der Waals surface area contributed by atoms with Gasteiger partial charge in [-0.25, -0.2) is 9.97 Å². The highest BCUT2D eigenvalue weighted by atomic mass is 14.9. The lowest BCUT2D eigenvalue weighted by molar-refractivity contribution is 0.539. The zero-order chi connectivity index (χ0) is 24.1. The number of unbranched alkanes of at least 4 members (excludes halogenated alkanes) is 16. The van der Waals surface area contributed by atoms with Crippen LogP contribution in [0.4, 0.5) is 0 Å². The summed E-state index contributed by atoms with van der Waals surface area (Å²) in [6, 6.07) is 8.91. The van der Waals surface area contributed by atoms with Crippen LogP contribution in [0.15, 0.2) is 36.7 Å². The first kappa shape index (κ1) is 28.5. The van der Waals surface area contributed by atoms with Crippen molar-refractivity contribution in [3.63, 3.8) is 0 Å². The van der Waals surface area contributed by atoms with Crippen molar-refractivity contribution in [2.75, 3.05) is 0 Å². The third-order valence-corrected chi connectivity index (χ3v) is 7.06. The topological polar surface area (TPSA) is 25.8 Å². The smallest absolute Gasteiger partial charge is 0.159 e. The van der Waals surface area contributed by atoms with Crippen molar-refractivity contribution in [3.05, 3.63) is 47.8 Å². The van der Waals surface area contributed by atoms with Gasteiger partial charge in [0.2, 0.25) is 0 Å². The molecular weight excluding hydrogens is 412 g/mol. The summed E-state index contributed by atoms with van der Waals surface area (Å²) in [6.07, 6.45) is 31.3. The molecule has 0 atom stereocenters. The molecule has 0 aliphatic heterocycles. The van der Waals surface area contributed by atoms with Gasteiger partial charge in [0.05, 0.1) is 0 Å². The molecule has 1 aromatic carbocycles. The minimum Gasteiger partial charge on any atom is -0.236 e. The van der Waals surface area contributed by atoms with E-state index in [0.717, 1.165) is 17.8 Å². The normalized spacial score (nSPS) is 11.2. The molecule has 2 heteroatoms. The second-order valence-electron chi connectivity index (χ2n) is 10.3. The van der Waals surface area contributed by atoms with Gasteiger partial charge in [-0.15, -0.1) is 0 Å². The molecular formula is C32H52N2. The van der Waals surface area contributed by atoms with Crippen LogP contribution < -0.4 is 0 Å². The Morgan fingerprint density at radius 3 is 1.26 bits per heavy atom. The Kier molecular flexibility index (Phi) is 16.4. The van der Waals surface area contributed by atoms with Gasteiger partial charge in [0, 0.05) is 18.0 Å². The number of aryl methyl sites for hydroxylation is 2. The fourth-order valence-electron chi connectivity index (χ4n) is 4.73. The predicted molar refractivity (Wildman–Crippen MR) is 149 cm³/mol. The van der Waals surface area contributed by atoms with E-state index in [4.69, 9.17) is 0 Å². The first-order chi connectivity index (χ1) is 16.8. The Labute approximate surface area is 211 Å². The second kappa shape index (κ2) is 19.6. The maximum absolute atomic E-state index is 4.62. The minimum atomic E-state index is 0.849. The summed E-state index contributed by atoms with van der Waals surface area (Å²) in [5, 5.41) is 0. The van der Waals surface area contributed by atoms with E-state index in [2.05, 4.69) is 48.1 Å². The summed E-state index contributed by atoms with van der Waals surface area (Å²) >= 11 is 0. The highest BCUT2D eigenvalue weighted by Gasteiger charge is 2.03. The van der Waals surface area contributed by atoms with Gasteiger partial charge in [0.25, 0.3) is 0 Å². The van der Waals surface area contributed by atoms with E-state index in [1.807, 2.05) is 12.4 Å². The fourth-order valence-corrected chi connectivity index (χ4v) is 4.73. The number of nitrogens with zero attached hydrogens (tertiary/aromatic N) is 2. The summed E-state index contributed by atoms with van der Waals surface area (Å²) in [7, 11) is 0. The van der Waals surface area contributed by atoms with Gasteiger partial charge in [-0.2, -0.15) is 0 Å². The van der Waals surface area contributed by atoms with Gasteiger partial charge in [-0.05, 0) is 36.8 Å². The maximum atomic E-state index is 4.62. The predicted octanol–water partition coefficient (Wildman–Crippen LogP) is 10.3. The van der Waals surface area contributed by atoms with Crippen LogP contribution in [-0.4, -0.2) is 9.97 Å². The fraction of sp³-hybridized carbons (Fsp3) is 0.688. The van der Waals surface area contributed by atoms with E-state index < -0.39 is 0 Å².